The molecule has 7 heteroatoms. The second-order valence-electron chi connectivity index (χ2n) is 8.47. The van der Waals surface area contributed by atoms with E-state index in [4.69, 9.17) is 19.4 Å². The molecular formula is C32H44Cl2N4Rh. The Morgan fingerprint density at radius 1 is 0.410 bits per heavy atom. The summed E-state index contributed by atoms with van der Waals surface area (Å²) in [5.41, 5.74) is 5.53. The van der Waals surface area contributed by atoms with Crippen molar-refractivity contribution in [3.63, 3.8) is 0 Å². The van der Waals surface area contributed by atoms with Crippen LogP contribution in [0.1, 0.15) is 75.6 Å². The summed E-state index contributed by atoms with van der Waals surface area (Å²) in [6, 6.07) is 16.5. The fourth-order valence-corrected chi connectivity index (χ4v) is 3.35. The van der Waals surface area contributed by atoms with Crippen LogP contribution in [0.3, 0.4) is 0 Å². The van der Waals surface area contributed by atoms with Gasteiger partial charge in [-0.1, -0.05) is 53.4 Å². The van der Waals surface area contributed by atoms with Crippen molar-refractivity contribution in [3.05, 3.63) is 120 Å². The van der Waals surface area contributed by atoms with E-state index in [1.165, 1.54) is 73.6 Å². The van der Waals surface area contributed by atoms with Crippen molar-refractivity contribution in [1.29, 1.82) is 0 Å². The molecule has 0 atom stereocenters. The van der Waals surface area contributed by atoms with Gasteiger partial charge in [0, 0.05) is 49.6 Å². The average Bonchev–Trinajstić information content (AvgIpc) is 2.98. The number of pyridine rings is 4. The number of aromatic nitrogens is 4. The van der Waals surface area contributed by atoms with Gasteiger partial charge >= 0.3 is 34.5 Å². The summed E-state index contributed by atoms with van der Waals surface area (Å²) in [4.78, 5) is 15.7. The summed E-state index contributed by atoms with van der Waals surface area (Å²) in [5, 5.41) is 0. The van der Waals surface area contributed by atoms with Crippen LogP contribution in [0.4, 0.5) is 0 Å². The number of aryl methyl sites for hydroxylation is 4. The van der Waals surface area contributed by atoms with Gasteiger partial charge < -0.3 is 0 Å². The van der Waals surface area contributed by atoms with E-state index in [-0.39, 0.29) is 15.1 Å². The molecule has 0 fully saturated rings. The van der Waals surface area contributed by atoms with Gasteiger partial charge in [0.1, 0.15) is 0 Å². The van der Waals surface area contributed by atoms with Crippen LogP contribution in [0.15, 0.2) is 98.1 Å². The molecule has 4 rings (SSSR count). The van der Waals surface area contributed by atoms with Gasteiger partial charge in [0.15, 0.2) is 0 Å². The third-order valence-corrected chi connectivity index (χ3v) is 5.15. The maximum atomic E-state index is 4.83. The summed E-state index contributed by atoms with van der Waals surface area (Å²) in [5.74, 6) is 0. The maximum absolute atomic E-state index is 4.83. The quantitative estimate of drug-likeness (QED) is 0.177. The van der Waals surface area contributed by atoms with Crippen molar-refractivity contribution in [2.24, 2.45) is 0 Å². The van der Waals surface area contributed by atoms with Crippen molar-refractivity contribution >= 4 is 19.4 Å². The molecule has 0 aliphatic heterocycles. The molecule has 0 aromatic carbocycles. The van der Waals surface area contributed by atoms with Crippen molar-refractivity contribution in [2.45, 2.75) is 79.1 Å². The van der Waals surface area contributed by atoms with E-state index >= 15 is 0 Å². The Hall–Kier alpha value is -2.20. The molecule has 4 nitrogen and oxygen atoms in total. The molecule has 4 aromatic heterocycles. The Balaban J connectivity index is 0.000000477. The van der Waals surface area contributed by atoms with Crippen molar-refractivity contribution in [1.82, 2.24) is 19.9 Å². The third kappa shape index (κ3) is 23.4. The fraction of sp³-hybridized carbons (Fsp3) is 0.375. The molecule has 0 aliphatic rings. The van der Waals surface area contributed by atoms with E-state index in [0.29, 0.717) is 0 Å². The van der Waals surface area contributed by atoms with E-state index in [1.807, 2.05) is 49.6 Å². The predicted molar refractivity (Wildman–Crippen MR) is 165 cm³/mol. The molecule has 4 heterocycles. The molecule has 0 saturated carbocycles. The van der Waals surface area contributed by atoms with Gasteiger partial charge in [-0.2, -0.15) is 0 Å². The van der Waals surface area contributed by atoms with Crippen LogP contribution < -0.4 is 0 Å². The van der Waals surface area contributed by atoms with Crippen LogP contribution in [0.2, 0.25) is 0 Å². The Bertz CT molecular complexity index is 830. The van der Waals surface area contributed by atoms with E-state index in [9.17, 15) is 0 Å². The van der Waals surface area contributed by atoms with Gasteiger partial charge in [0.2, 0.25) is 0 Å². The zero-order chi connectivity index (χ0) is 28.8. The van der Waals surface area contributed by atoms with Gasteiger partial charge in [-0.15, -0.1) is 0 Å². The number of halogens is 2. The standard InChI is InChI=1S/4C8H11N.2ClH.Rh/c4*1-2-3-8-4-6-9-7-5-8;;;/h4*4-7H,2-3H2,1H3;2*1H;/q;;;;;;+2/p-2. The van der Waals surface area contributed by atoms with E-state index in [0.717, 1.165) is 0 Å². The van der Waals surface area contributed by atoms with E-state index in [2.05, 4.69) is 96.2 Å². The first-order valence-electron chi connectivity index (χ1n) is 13.5. The first-order valence-corrected chi connectivity index (χ1v) is 17.8. The number of nitrogens with zero attached hydrogens (tertiary/aromatic N) is 4. The van der Waals surface area contributed by atoms with Gasteiger partial charge in [0.25, 0.3) is 0 Å². The van der Waals surface area contributed by atoms with Crippen LogP contribution in [-0.2, 0) is 40.8 Å². The molecule has 0 unspecified atom stereocenters. The minimum atomic E-state index is -0.226. The first kappa shape index (κ1) is 36.8. The molecule has 0 radical (unpaired) electrons. The Kier molecular flexibility index (Phi) is 27.2. The van der Waals surface area contributed by atoms with Crippen LogP contribution in [0, 0.1) is 0 Å². The van der Waals surface area contributed by atoms with Gasteiger partial charge in [-0.3, -0.25) is 19.9 Å². The van der Waals surface area contributed by atoms with Gasteiger partial charge in [0.05, 0.1) is 0 Å². The molecule has 0 amide bonds. The third-order valence-electron chi connectivity index (χ3n) is 5.15. The molecule has 215 valence electrons. The fourth-order valence-electron chi connectivity index (χ4n) is 3.35. The Morgan fingerprint density at radius 3 is 0.692 bits per heavy atom. The summed E-state index contributed by atoms with van der Waals surface area (Å²) < 4.78 is 0. The Morgan fingerprint density at radius 2 is 0.564 bits per heavy atom. The number of hydrogen-bond donors (Lipinski definition) is 0. The molecule has 0 bridgehead atoms. The van der Waals surface area contributed by atoms with Crippen LogP contribution in [-0.4, -0.2) is 19.9 Å². The normalized spacial score (nSPS) is 9.28. The minimum absolute atomic E-state index is 0.226. The SMILES string of the molecule is CCCc1ccncc1.CCCc1ccncc1.CCCc1ccncc1.CCCc1ccncc1.[Cl][Rh][Cl]. The van der Waals surface area contributed by atoms with Crippen molar-refractivity contribution in [2.75, 3.05) is 0 Å². The second-order valence-corrected chi connectivity index (χ2v) is 11.0. The zero-order valence-corrected chi connectivity index (χ0v) is 26.9. The second kappa shape index (κ2) is 28.8. The van der Waals surface area contributed by atoms with Crippen LogP contribution in [0.5, 0.6) is 0 Å². The summed E-state index contributed by atoms with van der Waals surface area (Å²) in [7, 11) is 9.67. The van der Waals surface area contributed by atoms with Crippen LogP contribution >= 0.6 is 19.4 Å². The molecular weight excluding hydrogens is 614 g/mol. The topological polar surface area (TPSA) is 51.6 Å². The summed E-state index contributed by atoms with van der Waals surface area (Å²) >= 11 is -0.226. The van der Waals surface area contributed by atoms with E-state index in [1.54, 1.807) is 0 Å². The monoisotopic (exact) mass is 657 g/mol. The summed E-state index contributed by atoms with van der Waals surface area (Å²) in [6.07, 6.45) is 24.2. The van der Waals surface area contributed by atoms with E-state index < -0.39 is 0 Å². The first-order chi connectivity index (χ1) is 19.1. The van der Waals surface area contributed by atoms with Gasteiger partial charge in [-0.25, -0.2) is 0 Å². The van der Waals surface area contributed by atoms with Crippen LogP contribution in [0.25, 0.3) is 0 Å². The molecule has 4 aromatic rings. The zero-order valence-electron chi connectivity index (χ0n) is 23.8. The van der Waals surface area contributed by atoms with Crippen molar-refractivity contribution in [3.8, 4) is 0 Å². The average molecular weight is 659 g/mol. The molecule has 39 heavy (non-hydrogen) atoms. The summed E-state index contributed by atoms with van der Waals surface area (Å²) in [6.45, 7) is 8.72. The molecule has 0 aliphatic carbocycles. The molecule has 0 saturated heterocycles. The Labute approximate surface area is 252 Å². The molecule has 0 N–H and O–H groups in total. The number of rotatable bonds is 8. The van der Waals surface area contributed by atoms with Crippen molar-refractivity contribution < 1.29 is 15.1 Å². The van der Waals surface area contributed by atoms with Gasteiger partial charge in [-0.05, 0) is 96.5 Å². The number of hydrogen-bond acceptors (Lipinski definition) is 4. The molecule has 0 spiro atoms. The predicted octanol–water partition coefficient (Wildman–Crippen LogP) is 9.51.